The molecule has 1 aliphatic heterocycles. The minimum Gasteiger partial charge on any atom is -0.353 e. The maximum Gasteiger partial charge on any atom is 0.257 e. The second-order valence-corrected chi connectivity index (χ2v) is 6.38. The number of para-hydroxylation sites is 1. The predicted molar refractivity (Wildman–Crippen MR) is 107 cm³/mol. The van der Waals surface area contributed by atoms with E-state index in [0.717, 1.165) is 17.8 Å². The van der Waals surface area contributed by atoms with Gasteiger partial charge in [0.2, 0.25) is 0 Å². The van der Waals surface area contributed by atoms with Crippen LogP contribution >= 0.6 is 0 Å². The van der Waals surface area contributed by atoms with Crippen molar-refractivity contribution in [1.82, 2.24) is 5.32 Å². The minimum absolute atomic E-state index is 0.162. The summed E-state index contributed by atoms with van der Waals surface area (Å²) in [5.74, 6) is -0.358. The summed E-state index contributed by atoms with van der Waals surface area (Å²) in [5.41, 5.74) is 4.35. The van der Waals surface area contributed by atoms with Crippen LogP contribution in [0.4, 0.5) is 17.1 Å². The van der Waals surface area contributed by atoms with Crippen LogP contribution in [-0.2, 0) is 6.42 Å². The third kappa shape index (κ3) is 3.67. The molecule has 1 aliphatic rings. The lowest BCUT2D eigenvalue weighted by Crippen LogP contribution is -2.25. The van der Waals surface area contributed by atoms with Gasteiger partial charge in [-0.15, -0.1) is 0 Å². The van der Waals surface area contributed by atoms with Gasteiger partial charge in [-0.25, -0.2) is 0 Å². The van der Waals surface area contributed by atoms with E-state index in [-0.39, 0.29) is 11.8 Å². The molecule has 1 heterocycles. The van der Waals surface area contributed by atoms with Crippen LogP contribution in [0.1, 0.15) is 26.3 Å². The van der Waals surface area contributed by atoms with E-state index in [1.54, 1.807) is 18.2 Å². The number of hydrogen-bond donors (Lipinski definition) is 3. The number of carbonyl (C=O) groups excluding carboxylic acids is 2. The summed E-state index contributed by atoms with van der Waals surface area (Å²) in [6.07, 6.45) is 0.769. The van der Waals surface area contributed by atoms with Gasteiger partial charge in [-0.05, 0) is 42.3 Å². The number of fused-ring (bicyclic) bond motifs is 2. The molecule has 0 atom stereocenters. The van der Waals surface area contributed by atoms with E-state index < -0.39 is 0 Å². The predicted octanol–water partition coefficient (Wildman–Crippen LogP) is 3.97. The summed E-state index contributed by atoms with van der Waals surface area (Å²) in [6, 6.07) is 22.6. The Balaban J connectivity index is 1.47. The molecule has 3 aromatic carbocycles. The minimum atomic E-state index is -0.196. The van der Waals surface area contributed by atoms with Gasteiger partial charge in [0.25, 0.3) is 11.8 Å². The van der Waals surface area contributed by atoms with Gasteiger partial charge in [-0.2, -0.15) is 0 Å². The quantitative estimate of drug-likeness (QED) is 0.662. The van der Waals surface area contributed by atoms with Crippen molar-refractivity contribution in [3.8, 4) is 0 Å². The lowest BCUT2D eigenvalue weighted by molar-refractivity contribution is 0.0952. The number of carbonyl (C=O) groups is 2. The van der Waals surface area contributed by atoms with E-state index in [0.29, 0.717) is 23.4 Å². The first kappa shape index (κ1) is 16.8. The average molecular weight is 357 g/mol. The molecule has 5 heteroatoms. The molecule has 0 bridgehead atoms. The first-order valence-corrected chi connectivity index (χ1v) is 8.84. The van der Waals surface area contributed by atoms with Gasteiger partial charge < -0.3 is 16.0 Å². The molecule has 0 saturated heterocycles. The zero-order valence-corrected chi connectivity index (χ0v) is 14.7. The van der Waals surface area contributed by atoms with Gasteiger partial charge >= 0.3 is 0 Å². The normalized spacial score (nSPS) is 12.1. The van der Waals surface area contributed by atoms with Crippen LogP contribution in [0.3, 0.4) is 0 Å². The van der Waals surface area contributed by atoms with Gasteiger partial charge in [0.1, 0.15) is 0 Å². The highest BCUT2D eigenvalue weighted by Gasteiger charge is 2.19. The highest BCUT2D eigenvalue weighted by atomic mass is 16.2. The Morgan fingerprint density at radius 2 is 1.59 bits per heavy atom. The fraction of sp³-hybridized carbons (Fsp3) is 0.0909. The van der Waals surface area contributed by atoms with Crippen LogP contribution in [0.2, 0.25) is 0 Å². The van der Waals surface area contributed by atoms with Gasteiger partial charge in [-0.1, -0.05) is 42.5 Å². The number of nitrogens with one attached hydrogen (secondary N) is 3. The van der Waals surface area contributed by atoms with Gasteiger partial charge in [-0.3, -0.25) is 9.59 Å². The van der Waals surface area contributed by atoms with Crippen molar-refractivity contribution in [1.29, 1.82) is 0 Å². The number of amides is 2. The van der Waals surface area contributed by atoms with E-state index in [9.17, 15) is 9.59 Å². The van der Waals surface area contributed by atoms with E-state index in [2.05, 4.69) is 16.0 Å². The lowest BCUT2D eigenvalue weighted by atomic mass is 10.1. The third-order valence-corrected chi connectivity index (χ3v) is 4.51. The fourth-order valence-corrected chi connectivity index (χ4v) is 3.09. The van der Waals surface area contributed by atoms with E-state index in [4.69, 9.17) is 0 Å². The Morgan fingerprint density at radius 1 is 0.815 bits per heavy atom. The fourth-order valence-electron chi connectivity index (χ4n) is 3.09. The van der Waals surface area contributed by atoms with Crippen molar-refractivity contribution in [2.45, 2.75) is 6.42 Å². The highest BCUT2D eigenvalue weighted by molar-refractivity contribution is 6.12. The van der Waals surface area contributed by atoms with Crippen LogP contribution < -0.4 is 16.0 Å². The molecule has 0 spiro atoms. The number of rotatable bonds is 4. The maximum atomic E-state index is 12.5. The third-order valence-electron chi connectivity index (χ3n) is 4.51. The molecule has 4 rings (SSSR count). The number of benzene rings is 3. The summed E-state index contributed by atoms with van der Waals surface area (Å²) >= 11 is 0. The molecule has 3 N–H and O–H groups in total. The first-order valence-electron chi connectivity index (χ1n) is 8.84. The summed E-state index contributed by atoms with van der Waals surface area (Å²) in [7, 11) is 0. The smallest absolute Gasteiger partial charge is 0.257 e. The summed E-state index contributed by atoms with van der Waals surface area (Å²) < 4.78 is 0. The van der Waals surface area contributed by atoms with Gasteiger partial charge in [0.15, 0.2) is 0 Å². The molecule has 0 fully saturated rings. The van der Waals surface area contributed by atoms with Crippen molar-refractivity contribution in [2.75, 3.05) is 17.2 Å². The molecule has 0 radical (unpaired) electrons. The molecular weight excluding hydrogens is 338 g/mol. The van der Waals surface area contributed by atoms with Crippen LogP contribution in [0.15, 0.2) is 72.8 Å². The summed E-state index contributed by atoms with van der Waals surface area (Å²) in [6.45, 7) is 0.552. The topological polar surface area (TPSA) is 70.2 Å². The maximum absolute atomic E-state index is 12.5. The van der Waals surface area contributed by atoms with Crippen molar-refractivity contribution in [2.24, 2.45) is 0 Å². The Kier molecular flexibility index (Phi) is 4.58. The highest BCUT2D eigenvalue weighted by Crippen LogP contribution is 2.32. The van der Waals surface area contributed by atoms with Crippen LogP contribution in [0, 0.1) is 0 Å². The van der Waals surface area contributed by atoms with E-state index >= 15 is 0 Å². The lowest BCUT2D eigenvalue weighted by Gasteiger charge is -2.11. The van der Waals surface area contributed by atoms with Crippen molar-refractivity contribution in [3.63, 3.8) is 0 Å². The molecule has 27 heavy (non-hydrogen) atoms. The first-order chi connectivity index (χ1) is 13.2. The number of hydrogen-bond acceptors (Lipinski definition) is 3. The van der Waals surface area contributed by atoms with E-state index in [1.165, 1.54) is 5.56 Å². The van der Waals surface area contributed by atoms with Crippen molar-refractivity contribution in [3.05, 3.63) is 89.5 Å². The zero-order valence-electron chi connectivity index (χ0n) is 14.7. The summed E-state index contributed by atoms with van der Waals surface area (Å²) in [5, 5.41) is 9.05. The molecule has 0 aromatic heterocycles. The molecule has 134 valence electrons. The standard InChI is InChI=1S/C22H19N3O2/c26-21(23-13-12-15-6-2-1-3-7-15)16-10-11-19-20(14-16)25-22(27)17-8-4-5-9-18(17)24-19/h1-11,14,24H,12-13H2,(H,23,26)(H,25,27). The Bertz CT molecular complexity index is 999. The average Bonchev–Trinajstić information content (AvgIpc) is 2.84. The summed E-state index contributed by atoms with van der Waals surface area (Å²) in [4.78, 5) is 24.9. The molecule has 0 aliphatic carbocycles. The molecule has 0 saturated carbocycles. The van der Waals surface area contributed by atoms with Crippen LogP contribution in [0.25, 0.3) is 0 Å². The molecule has 0 unspecified atom stereocenters. The molecular formula is C22H19N3O2. The molecule has 2 amide bonds. The number of anilines is 3. The Labute approximate surface area is 157 Å². The molecule has 3 aromatic rings. The van der Waals surface area contributed by atoms with Crippen molar-refractivity contribution >= 4 is 28.9 Å². The zero-order chi connectivity index (χ0) is 18.6. The van der Waals surface area contributed by atoms with Crippen molar-refractivity contribution < 1.29 is 9.59 Å². The molecule has 5 nitrogen and oxygen atoms in total. The Hall–Kier alpha value is -3.60. The Morgan fingerprint density at radius 3 is 2.44 bits per heavy atom. The SMILES string of the molecule is O=C(NCCc1ccccc1)c1ccc2c(c1)NC(=O)c1ccccc1N2. The van der Waals surface area contributed by atoms with E-state index in [1.807, 2.05) is 54.6 Å². The second-order valence-electron chi connectivity index (χ2n) is 6.38. The second kappa shape index (κ2) is 7.33. The monoisotopic (exact) mass is 357 g/mol. The van der Waals surface area contributed by atoms with Gasteiger partial charge in [0.05, 0.1) is 22.6 Å². The largest absolute Gasteiger partial charge is 0.353 e. The van der Waals surface area contributed by atoms with Crippen LogP contribution in [0.5, 0.6) is 0 Å². The van der Waals surface area contributed by atoms with Crippen LogP contribution in [-0.4, -0.2) is 18.4 Å². The van der Waals surface area contributed by atoms with Gasteiger partial charge in [0, 0.05) is 12.1 Å².